The molecule has 2 aromatic rings. The summed E-state index contributed by atoms with van der Waals surface area (Å²) in [4.78, 5) is 1.13. The Kier molecular flexibility index (Phi) is 4.59. The highest BCUT2D eigenvalue weighted by molar-refractivity contribution is 7.98. The van der Waals surface area contributed by atoms with Crippen molar-refractivity contribution >= 4 is 17.4 Å². The molecule has 0 spiro atoms. The van der Waals surface area contributed by atoms with Crippen molar-refractivity contribution in [3.63, 3.8) is 0 Å². The van der Waals surface area contributed by atoms with Crippen LogP contribution in [0, 0.1) is 0 Å². The lowest BCUT2D eigenvalue weighted by atomic mass is 10.3. The first-order chi connectivity index (χ1) is 8.79. The molecule has 1 aromatic heterocycles. The molecular weight excluding hydrogens is 246 g/mol. The van der Waals surface area contributed by atoms with E-state index in [-0.39, 0.29) is 0 Å². The number of hydrogen-bond acceptors (Lipinski definition) is 4. The van der Waals surface area contributed by atoms with Crippen molar-refractivity contribution < 1.29 is 9.15 Å². The average molecular weight is 263 g/mol. The van der Waals surface area contributed by atoms with Crippen LogP contribution < -0.4 is 10.5 Å². The van der Waals surface area contributed by atoms with Crippen molar-refractivity contribution in [2.45, 2.75) is 24.0 Å². The van der Waals surface area contributed by atoms with E-state index in [1.54, 1.807) is 18.0 Å². The van der Waals surface area contributed by atoms with Gasteiger partial charge in [-0.15, -0.1) is 11.8 Å². The van der Waals surface area contributed by atoms with Crippen LogP contribution in [0.15, 0.2) is 45.9 Å². The van der Waals surface area contributed by atoms with Gasteiger partial charge in [0.1, 0.15) is 11.5 Å². The van der Waals surface area contributed by atoms with E-state index in [9.17, 15) is 0 Å². The minimum absolute atomic E-state index is 0.686. The number of ether oxygens (including phenoxy) is 1. The number of benzene rings is 1. The van der Waals surface area contributed by atoms with Crippen LogP contribution in [-0.2, 0) is 5.75 Å². The van der Waals surface area contributed by atoms with Gasteiger partial charge in [0.05, 0.1) is 24.3 Å². The van der Waals surface area contributed by atoms with Gasteiger partial charge >= 0.3 is 0 Å². The number of thioether (sulfide) groups is 1. The van der Waals surface area contributed by atoms with Crippen LogP contribution >= 0.6 is 11.8 Å². The summed E-state index contributed by atoms with van der Waals surface area (Å²) >= 11 is 1.71. The summed E-state index contributed by atoms with van der Waals surface area (Å²) in [6, 6.07) is 9.74. The van der Waals surface area contributed by atoms with Crippen LogP contribution in [0.5, 0.6) is 5.75 Å². The van der Waals surface area contributed by atoms with Crippen molar-refractivity contribution in [2.24, 2.45) is 0 Å². The normalized spacial score (nSPS) is 10.5. The molecule has 0 saturated heterocycles. The first-order valence-electron chi connectivity index (χ1n) is 5.97. The third-order valence-corrected chi connectivity index (χ3v) is 3.42. The van der Waals surface area contributed by atoms with Crippen LogP contribution in [0.3, 0.4) is 0 Å². The first-order valence-corrected chi connectivity index (χ1v) is 6.95. The van der Waals surface area contributed by atoms with E-state index >= 15 is 0 Å². The maximum atomic E-state index is 5.87. The first kappa shape index (κ1) is 12.9. The smallest absolute Gasteiger partial charge is 0.143 e. The number of nitrogen functional groups attached to an aromatic ring is 1. The topological polar surface area (TPSA) is 48.4 Å². The largest absolute Gasteiger partial charge is 0.491 e. The van der Waals surface area contributed by atoms with Gasteiger partial charge in [-0.3, -0.25) is 0 Å². The highest BCUT2D eigenvalue weighted by Gasteiger charge is 2.04. The molecule has 0 fully saturated rings. The SMILES string of the molecule is CCCOc1cc(SCc2ccco2)ccc1N. The Hall–Kier alpha value is -1.55. The lowest BCUT2D eigenvalue weighted by molar-refractivity contribution is 0.318. The molecule has 0 aliphatic heterocycles. The fourth-order valence-corrected chi connectivity index (χ4v) is 2.32. The minimum atomic E-state index is 0.686. The second kappa shape index (κ2) is 6.40. The van der Waals surface area contributed by atoms with Gasteiger partial charge in [0.25, 0.3) is 0 Å². The molecule has 4 heteroatoms. The Morgan fingerprint density at radius 1 is 1.33 bits per heavy atom. The lowest BCUT2D eigenvalue weighted by Gasteiger charge is -2.09. The molecule has 96 valence electrons. The van der Waals surface area contributed by atoms with Crippen LogP contribution in [0.1, 0.15) is 19.1 Å². The Morgan fingerprint density at radius 3 is 2.94 bits per heavy atom. The molecule has 0 atom stereocenters. The average Bonchev–Trinajstić information content (AvgIpc) is 2.89. The van der Waals surface area contributed by atoms with Gasteiger partial charge in [0.2, 0.25) is 0 Å². The van der Waals surface area contributed by atoms with Crippen molar-refractivity contribution in [3.05, 3.63) is 42.4 Å². The monoisotopic (exact) mass is 263 g/mol. The third-order valence-electron chi connectivity index (χ3n) is 2.41. The summed E-state index contributed by atoms with van der Waals surface area (Å²) in [6.07, 6.45) is 2.66. The van der Waals surface area contributed by atoms with E-state index in [0.717, 1.165) is 28.6 Å². The van der Waals surface area contributed by atoms with Crippen molar-refractivity contribution in [3.8, 4) is 5.75 Å². The van der Waals surface area contributed by atoms with Gasteiger partial charge in [0.15, 0.2) is 0 Å². The Bertz CT molecular complexity index is 483. The Balaban J connectivity index is 2.00. The van der Waals surface area contributed by atoms with Crippen molar-refractivity contribution in [2.75, 3.05) is 12.3 Å². The molecule has 1 heterocycles. The van der Waals surface area contributed by atoms with E-state index in [4.69, 9.17) is 14.9 Å². The summed E-state index contributed by atoms with van der Waals surface area (Å²) < 4.78 is 10.9. The highest BCUT2D eigenvalue weighted by atomic mass is 32.2. The molecule has 0 saturated carbocycles. The summed E-state index contributed by atoms with van der Waals surface area (Å²) in [7, 11) is 0. The predicted octanol–water partition coefficient (Wildman–Crippen LogP) is 3.94. The molecule has 0 bridgehead atoms. The molecule has 2 N–H and O–H groups in total. The molecular formula is C14H17NO2S. The van der Waals surface area contributed by atoms with E-state index in [1.165, 1.54) is 0 Å². The van der Waals surface area contributed by atoms with E-state index < -0.39 is 0 Å². The molecule has 2 rings (SSSR count). The zero-order valence-electron chi connectivity index (χ0n) is 10.4. The third kappa shape index (κ3) is 3.47. The van der Waals surface area contributed by atoms with Gasteiger partial charge in [-0.05, 0) is 36.8 Å². The number of furan rings is 1. The standard InChI is InChI=1S/C14H17NO2S/c1-2-7-17-14-9-12(5-6-13(14)15)18-10-11-4-3-8-16-11/h3-6,8-9H,2,7,10,15H2,1H3. The molecule has 1 aromatic carbocycles. The predicted molar refractivity (Wildman–Crippen MR) is 74.9 cm³/mol. The van der Waals surface area contributed by atoms with Crippen LogP contribution in [0.25, 0.3) is 0 Å². The van der Waals surface area contributed by atoms with Gasteiger partial charge in [0, 0.05) is 4.90 Å². The second-order valence-electron chi connectivity index (χ2n) is 3.92. The van der Waals surface area contributed by atoms with Gasteiger partial charge in [-0.1, -0.05) is 6.92 Å². The summed E-state index contributed by atoms with van der Waals surface area (Å²) in [5.74, 6) is 2.54. The number of anilines is 1. The van der Waals surface area contributed by atoms with Gasteiger partial charge < -0.3 is 14.9 Å². The molecule has 0 radical (unpaired) electrons. The molecule has 0 aliphatic rings. The Labute approximate surface area is 111 Å². The van der Waals surface area contributed by atoms with Crippen LogP contribution in [-0.4, -0.2) is 6.61 Å². The zero-order chi connectivity index (χ0) is 12.8. The van der Waals surface area contributed by atoms with Gasteiger partial charge in [-0.25, -0.2) is 0 Å². The molecule has 18 heavy (non-hydrogen) atoms. The molecule has 0 aliphatic carbocycles. The van der Waals surface area contributed by atoms with Crippen molar-refractivity contribution in [1.29, 1.82) is 0 Å². The van der Waals surface area contributed by atoms with Gasteiger partial charge in [-0.2, -0.15) is 0 Å². The number of nitrogens with two attached hydrogens (primary N) is 1. The highest BCUT2D eigenvalue weighted by Crippen LogP contribution is 2.30. The van der Waals surface area contributed by atoms with E-state index in [0.29, 0.717) is 12.3 Å². The van der Waals surface area contributed by atoms with E-state index in [1.807, 2.05) is 30.3 Å². The van der Waals surface area contributed by atoms with Crippen LogP contribution in [0.2, 0.25) is 0 Å². The maximum absolute atomic E-state index is 5.87. The quantitative estimate of drug-likeness (QED) is 0.633. The maximum Gasteiger partial charge on any atom is 0.143 e. The second-order valence-corrected chi connectivity index (χ2v) is 4.96. The molecule has 3 nitrogen and oxygen atoms in total. The van der Waals surface area contributed by atoms with Crippen LogP contribution in [0.4, 0.5) is 5.69 Å². The number of rotatable bonds is 6. The lowest BCUT2D eigenvalue weighted by Crippen LogP contribution is -1.98. The fraction of sp³-hybridized carbons (Fsp3) is 0.286. The summed E-state index contributed by atoms with van der Waals surface area (Å²) in [5.41, 5.74) is 6.55. The Morgan fingerprint density at radius 2 is 2.22 bits per heavy atom. The number of hydrogen-bond donors (Lipinski definition) is 1. The minimum Gasteiger partial charge on any atom is -0.491 e. The van der Waals surface area contributed by atoms with Crippen molar-refractivity contribution in [1.82, 2.24) is 0 Å². The molecule has 0 unspecified atom stereocenters. The summed E-state index contributed by atoms with van der Waals surface area (Å²) in [6.45, 7) is 2.77. The fourth-order valence-electron chi connectivity index (χ4n) is 1.49. The zero-order valence-corrected chi connectivity index (χ0v) is 11.2. The van der Waals surface area contributed by atoms with E-state index in [2.05, 4.69) is 6.92 Å². The summed E-state index contributed by atoms with van der Waals surface area (Å²) in [5, 5.41) is 0. The molecule has 0 amide bonds.